The Balaban J connectivity index is 2.13. The molecule has 31 heavy (non-hydrogen) atoms. The van der Waals surface area contributed by atoms with Crippen LogP contribution in [-0.4, -0.2) is 27.1 Å². The summed E-state index contributed by atoms with van der Waals surface area (Å²) in [6, 6.07) is 16.7. The second-order valence-corrected chi connectivity index (χ2v) is 11.4. The summed E-state index contributed by atoms with van der Waals surface area (Å²) in [7, 11) is -9.05. The van der Waals surface area contributed by atoms with Crippen LogP contribution in [0.3, 0.4) is 0 Å². The van der Waals surface area contributed by atoms with Gasteiger partial charge in [-0.25, -0.2) is 21.2 Å². The number of hydrogen-bond acceptors (Lipinski definition) is 4. The van der Waals surface area contributed by atoms with Gasteiger partial charge in [-0.15, -0.1) is 0 Å². The maximum Gasteiger partial charge on any atom is 0.256 e. The van der Waals surface area contributed by atoms with E-state index in [-0.39, 0.29) is 33.9 Å². The van der Waals surface area contributed by atoms with Gasteiger partial charge in [-0.05, 0) is 61.7 Å². The smallest absolute Gasteiger partial charge is 0.206 e. The summed E-state index contributed by atoms with van der Waals surface area (Å²) in [5.41, 5.74) is 0.907. The molecule has 0 bridgehead atoms. The zero-order valence-electron chi connectivity index (χ0n) is 16.9. The molecule has 164 valence electrons. The Hall–Kier alpha value is -2.26. The van der Waals surface area contributed by atoms with Gasteiger partial charge in [0.2, 0.25) is 0 Å². The molecule has 0 unspecified atom stereocenters. The van der Waals surface area contributed by atoms with Crippen LogP contribution in [0.15, 0.2) is 76.5 Å². The molecular formula is C22H21ClFNO4S2. The largest absolute Gasteiger partial charge is 0.256 e. The lowest BCUT2D eigenvalue weighted by Crippen LogP contribution is -2.38. The van der Waals surface area contributed by atoms with E-state index in [0.717, 1.165) is 5.56 Å². The quantitative estimate of drug-likeness (QED) is 0.489. The van der Waals surface area contributed by atoms with Crippen LogP contribution in [0.1, 0.15) is 16.7 Å². The molecule has 3 aromatic carbocycles. The average molecular weight is 482 g/mol. The monoisotopic (exact) mass is 481 g/mol. The lowest BCUT2D eigenvalue weighted by molar-refractivity contribution is 0.496. The first kappa shape index (κ1) is 23.4. The van der Waals surface area contributed by atoms with Crippen molar-refractivity contribution in [3.63, 3.8) is 0 Å². The van der Waals surface area contributed by atoms with E-state index in [0.29, 0.717) is 8.73 Å². The minimum absolute atomic E-state index is 0.129. The van der Waals surface area contributed by atoms with E-state index in [1.165, 1.54) is 50.2 Å². The second-order valence-electron chi connectivity index (χ2n) is 7.02. The molecule has 0 aromatic heterocycles. The SMILES string of the molecule is Cc1ccc(S(=O)(=O)N(CCc2ccccc2)S(=O)(=O)c2ccc(Cl)cc2)c(C)c1F. The standard InChI is InChI=1S/C22H21ClFNO4S2/c1-16-8-13-21(17(2)22(16)24)31(28,29)25(15-14-18-6-4-3-5-7-18)30(26,27)20-11-9-19(23)10-12-20/h3-13H,14-15H2,1-2H3. The molecule has 0 aliphatic rings. The Morgan fingerprint density at radius 3 is 2.06 bits per heavy atom. The number of benzene rings is 3. The van der Waals surface area contributed by atoms with Gasteiger partial charge < -0.3 is 0 Å². The van der Waals surface area contributed by atoms with Gasteiger partial charge in [0.05, 0.1) is 9.79 Å². The van der Waals surface area contributed by atoms with E-state index >= 15 is 0 Å². The number of sulfonamides is 2. The highest BCUT2D eigenvalue weighted by Crippen LogP contribution is 2.29. The van der Waals surface area contributed by atoms with Gasteiger partial charge in [0.15, 0.2) is 0 Å². The third-order valence-corrected chi connectivity index (χ3v) is 9.61. The fourth-order valence-electron chi connectivity index (χ4n) is 3.15. The van der Waals surface area contributed by atoms with E-state index in [4.69, 9.17) is 11.6 Å². The van der Waals surface area contributed by atoms with Crippen molar-refractivity contribution in [2.45, 2.75) is 30.1 Å². The Kier molecular flexibility index (Phi) is 6.85. The van der Waals surface area contributed by atoms with Crippen LogP contribution in [0.25, 0.3) is 0 Å². The van der Waals surface area contributed by atoms with Crippen molar-refractivity contribution in [3.05, 3.63) is 94.3 Å². The zero-order valence-corrected chi connectivity index (χ0v) is 19.3. The molecule has 3 aromatic rings. The van der Waals surface area contributed by atoms with Crippen molar-refractivity contribution in [2.75, 3.05) is 6.54 Å². The van der Waals surface area contributed by atoms with Crippen LogP contribution in [0.4, 0.5) is 4.39 Å². The zero-order chi connectivity index (χ0) is 22.8. The van der Waals surface area contributed by atoms with E-state index in [2.05, 4.69) is 0 Å². The van der Waals surface area contributed by atoms with Crippen molar-refractivity contribution in [1.82, 2.24) is 3.71 Å². The van der Waals surface area contributed by atoms with E-state index in [1.807, 2.05) is 0 Å². The summed E-state index contributed by atoms with van der Waals surface area (Å²) in [4.78, 5) is -0.611. The lowest BCUT2D eigenvalue weighted by Gasteiger charge is -2.23. The van der Waals surface area contributed by atoms with Gasteiger partial charge in [0.25, 0.3) is 20.0 Å². The molecule has 0 radical (unpaired) electrons. The van der Waals surface area contributed by atoms with Crippen molar-refractivity contribution >= 4 is 31.6 Å². The van der Waals surface area contributed by atoms with Gasteiger partial charge in [-0.3, -0.25) is 0 Å². The molecule has 9 heteroatoms. The van der Waals surface area contributed by atoms with Gasteiger partial charge in [-0.1, -0.05) is 51.7 Å². The Bertz CT molecular complexity index is 1290. The van der Waals surface area contributed by atoms with Gasteiger partial charge in [0, 0.05) is 17.1 Å². The summed E-state index contributed by atoms with van der Waals surface area (Å²) >= 11 is 5.85. The highest BCUT2D eigenvalue weighted by Gasteiger charge is 2.37. The normalized spacial score (nSPS) is 12.3. The molecule has 0 aliphatic heterocycles. The highest BCUT2D eigenvalue weighted by molar-refractivity contribution is 8.04. The van der Waals surface area contributed by atoms with E-state index in [1.54, 1.807) is 30.3 Å². The number of halogens is 2. The molecule has 0 spiro atoms. The molecule has 0 amide bonds. The maximum absolute atomic E-state index is 14.5. The molecule has 3 rings (SSSR count). The topological polar surface area (TPSA) is 71.5 Å². The fraction of sp³-hybridized carbons (Fsp3) is 0.182. The third kappa shape index (κ3) is 4.82. The summed E-state index contributed by atoms with van der Waals surface area (Å²) in [6.07, 6.45) is 0.153. The van der Waals surface area contributed by atoms with Crippen LogP contribution in [0.5, 0.6) is 0 Å². The second kappa shape index (κ2) is 9.08. The van der Waals surface area contributed by atoms with Gasteiger partial charge in [0.1, 0.15) is 5.82 Å². The first-order valence-electron chi connectivity index (χ1n) is 9.38. The minimum atomic E-state index is -4.58. The third-order valence-electron chi connectivity index (χ3n) is 4.88. The van der Waals surface area contributed by atoms with E-state index < -0.39 is 25.9 Å². The molecule has 0 fully saturated rings. The van der Waals surface area contributed by atoms with E-state index in [9.17, 15) is 21.2 Å². The van der Waals surface area contributed by atoms with Crippen molar-refractivity contribution in [3.8, 4) is 0 Å². The van der Waals surface area contributed by atoms with Crippen molar-refractivity contribution in [2.24, 2.45) is 0 Å². The molecule has 0 saturated carbocycles. The number of nitrogens with zero attached hydrogens (tertiary/aromatic N) is 1. The first-order chi connectivity index (χ1) is 14.5. The highest BCUT2D eigenvalue weighted by atomic mass is 35.5. The molecular weight excluding hydrogens is 461 g/mol. The first-order valence-corrected chi connectivity index (χ1v) is 12.6. The van der Waals surface area contributed by atoms with Crippen LogP contribution < -0.4 is 0 Å². The lowest BCUT2D eigenvalue weighted by atomic mass is 10.1. The Labute approximate surface area is 187 Å². The van der Waals surface area contributed by atoms with Crippen LogP contribution in [0, 0.1) is 19.7 Å². The van der Waals surface area contributed by atoms with Crippen LogP contribution in [0.2, 0.25) is 5.02 Å². The number of aryl methyl sites for hydroxylation is 1. The average Bonchev–Trinajstić information content (AvgIpc) is 2.72. The Morgan fingerprint density at radius 1 is 0.839 bits per heavy atom. The maximum atomic E-state index is 14.5. The van der Waals surface area contributed by atoms with Crippen LogP contribution >= 0.6 is 11.6 Å². The van der Waals surface area contributed by atoms with Crippen molar-refractivity contribution < 1.29 is 21.2 Å². The molecule has 0 aliphatic carbocycles. The number of rotatable bonds is 7. The molecule has 0 saturated heterocycles. The molecule has 5 nitrogen and oxygen atoms in total. The minimum Gasteiger partial charge on any atom is -0.206 e. The summed E-state index contributed by atoms with van der Waals surface area (Å²) in [5.74, 6) is -0.687. The van der Waals surface area contributed by atoms with Gasteiger partial charge in [-0.2, -0.15) is 0 Å². The molecule has 0 N–H and O–H groups in total. The molecule has 0 atom stereocenters. The predicted octanol–water partition coefficient (Wildman–Crippen LogP) is 4.72. The fourth-order valence-corrected chi connectivity index (χ4v) is 7.12. The number of hydrogen-bond donors (Lipinski definition) is 0. The van der Waals surface area contributed by atoms with Gasteiger partial charge >= 0.3 is 0 Å². The Morgan fingerprint density at radius 2 is 1.45 bits per heavy atom. The van der Waals surface area contributed by atoms with Crippen molar-refractivity contribution in [1.29, 1.82) is 0 Å². The summed E-state index contributed by atoms with van der Waals surface area (Å²) in [6.45, 7) is 2.49. The predicted molar refractivity (Wildman–Crippen MR) is 119 cm³/mol. The summed E-state index contributed by atoms with van der Waals surface area (Å²) < 4.78 is 68.6. The summed E-state index contributed by atoms with van der Waals surface area (Å²) in [5, 5.41) is 0.314. The van der Waals surface area contributed by atoms with Crippen LogP contribution in [-0.2, 0) is 26.5 Å². The molecule has 0 heterocycles.